The van der Waals surface area contributed by atoms with E-state index < -0.39 is 0 Å². The van der Waals surface area contributed by atoms with Gasteiger partial charge in [-0.2, -0.15) is 0 Å². The lowest BCUT2D eigenvalue weighted by Crippen LogP contribution is -2.10. The summed E-state index contributed by atoms with van der Waals surface area (Å²) in [5.74, 6) is 0. The number of nitrogens with zero attached hydrogens (tertiary/aromatic N) is 2. The van der Waals surface area contributed by atoms with Crippen LogP contribution in [0, 0.1) is 0 Å². The summed E-state index contributed by atoms with van der Waals surface area (Å²) in [5.41, 5.74) is 13.9. The van der Waals surface area contributed by atoms with Gasteiger partial charge in [-0.05, 0) is 105 Å². The van der Waals surface area contributed by atoms with Gasteiger partial charge in [0.15, 0.2) is 0 Å². The molecule has 0 aliphatic rings. The molecule has 0 aliphatic carbocycles. The first-order valence-electron chi connectivity index (χ1n) is 18.5. The number of fused-ring (bicyclic) bond motifs is 4. The Morgan fingerprint density at radius 1 is 0.296 bits per heavy atom. The van der Waals surface area contributed by atoms with E-state index in [2.05, 4.69) is 228 Å². The second-order valence-electron chi connectivity index (χ2n) is 13.8. The summed E-state index contributed by atoms with van der Waals surface area (Å²) in [6.45, 7) is 0. The van der Waals surface area contributed by atoms with Gasteiger partial charge >= 0.3 is 0 Å². The Morgan fingerprint density at radius 2 is 0.852 bits per heavy atom. The zero-order chi connectivity index (χ0) is 35.8. The molecule has 2 heteroatoms. The molecule has 1 aromatic heterocycles. The maximum Gasteiger partial charge on any atom is 0.0561 e. The summed E-state index contributed by atoms with van der Waals surface area (Å²) in [6, 6.07) is 79.0. The van der Waals surface area contributed by atoms with E-state index in [1.807, 2.05) is 0 Å². The van der Waals surface area contributed by atoms with Gasteiger partial charge in [-0.25, -0.2) is 0 Å². The summed E-state index contributed by atoms with van der Waals surface area (Å²) >= 11 is 0. The quantitative estimate of drug-likeness (QED) is 0.162. The first-order valence-corrected chi connectivity index (χ1v) is 18.5. The largest absolute Gasteiger partial charge is 0.310 e. The van der Waals surface area contributed by atoms with Gasteiger partial charge in [0.1, 0.15) is 0 Å². The number of anilines is 3. The van der Waals surface area contributed by atoms with Crippen LogP contribution in [-0.4, -0.2) is 4.57 Å². The highest BCUT2D eigenvalue weighted by Gasteiger charge is 2.20. The highest BCUT2D eigenvalue weighted by molar-refractivity contribution is 6.10. The molecule has 9 aromatic carbocycles. The molecule has 0 aliphatic heterocycles. The summed E-state index contributed by atoms with van der Waals surface area (Å²) < 4.78 is 2.39. The third-order valence-corrected chi connectivity index (χ3v) is 10.6. The number of aromatic nitrogens is 1. The van der Waals surface area contributed by atoms with Crippen LogP contribution in [0.5, 0.6) is 0 Å². The molecule has 0 N–H and O–H groups in total. The molecular formula is C52H36N2. The van der Waals surface area contributed by atoms with Crippen LogP contribution in [0.4, 0.5) is 17.1 Å². The minimum atomic E-state index is 1.09. The van der Waals surface area contributed by atoms with Crippen molar-refractivity contribution in [3.05, 3.63) is 218 Å². The van der Waals surface area contributed by atoms with E-state index >= 15 is 0 Å². The fourth-order valence-corrected chi connectivity index (χ4v) is 7.97. The van der Waals surface area contributed by atoms with E-state index in [9.17, 15) is 0 Å². The standard InChI is InChI=1S/C52H36N2/c1-4-14-37(15-5-1)39-26-28-44(29-27-39)53(46-31-33-49-48-22-12-13-23-51(48)54(52(49)36-46)43-20-8-3-9-21-43)45-30-32-47(50(35-45)40-17-6-2-7-18-40)42-25-24-38-16-10-11-19-41(38)34-42/h1-36H. The topological polar surface area (TPSA) is 8.17 Å². The molecule has 0 amide bonds. The Hall–Kier alpha value is -7.16. The molecule has 54 heavy (non-hydrogen) atoms. The van der Waals surface area contributed by atoms with Gasteiger partial charge in [0.25, 0.3) is 0 Å². The first-order chi connectivity index (χ1) is 26.8. The molecule has 254 valence electrons. The van der Waals surface area contributed by atoms with E-state index in [0.717, 1.165) is 22.7 Å². The van der Waals surface area contributed by atoms with Gasteiger partial charge in [0, 0.05) is 33.5 Å². The van der Waals surface area contributed by atoms with Crippen LogP contribution in [-0.2, 0) is 0 Å². The van der Waals surface area contributed by atoms with E-state index in [0.29, 0.717) is 0 Å². The normalized spacial score (nSPS) is 11.3. The van der Waals surface area contributed by atoms with Crippen LogP contribution in [0.1, 0.15) is 0 Å². The SMILES string of the molecule is c1ccc(-c2ccc(N(c3ccc(-c4ccc5ccccc5c4)c(-c4ccccc4)c3)c3ccc4c5ccccc5n(-c5ccccc5)c4c3)cc2)cc1. The lowest BCUT2D eigenvalue weighted by atomic mass is 9.92. The number of hydrogen-bond donors (Lipinski definition) is 0. The van der Waals surface area contributed by atoms with Gasteiger partial charge in [0.05, 0.1) is 11.0 Å². The number of para-hydroxylation sites is 2. The number of hydrogen-bond acceptors (Lipinski definition) is 1. The second-order valence-corrected chi connectivity index (χ2v) is 13.8. The van der Waals surface area contributed by atoms with Gasteiger partial charge in [-0.3, -0.25) is 0 Å². The van der Waals surface area contributed by atoms with Crippen molar-refractivity contribution in [2.75, 3.05) is 4.90 Å². The molecule has 0 unspecified atom stereocenters. The Bertz CT molecular complexity index is 2910. The summed E-state index contributed by atoms with van der Waals surface area (Å²) in [4.78, 5) is 2.40. The molecule has 2 nitrogen and oxygen atoms in total. The van der Waals surface area contributed by atoms with Crippen LogP contribution >= 0.6 is 0 Å². The summed E-state index contributed by atoms with van der Waals surface area (Å²) in [7, 11) is 0. The molecule has 0 saturated heterocycles. The molecule has 0 spiro atoms. The van der Waals surface area contributed by atoms with Crippen molar-refractivity contribution >= 4 is 49.6 Å². The second kappa shape index (κ2) is 13.4. The predicted molar refractivity (Wildman–Crippen MR) is 229 cm³/mol. The van der Waals surface area contributed by atoms with Crippen molar-refractivity contribution in [1.82, 2.24) is 4.57 Å². The number of rotatable bonds is 7. The van der Waals surface area contributed by atoms with E-state index in [1.165, 1.54) is 66.0 Å². The van der Waals surface area contributed by atoms with E-state index in [4.69, 9.17) is 0 Å². The van der Waals surface area contributed by atoms with Gasteiger partial charge < -0.3 is 9.47 Å². The summed E-state index contributed by atoms with van der Waals surface area (Å²) in [5, 5.41) is 4.95. The summed E-state index contributed by atoms with van der Waals surface area (Å²) in [6.07, 6.45) is 0. The average Bonchev–Trinajstić information content (AvgIpc) is 3.58. The van der Waals surface area contributed by atoms with Gasteiger partial charge in [0.2, 0.25) is 0 Å². The Kier molecular flexibility index (Phi) is 7.85. The Labute approximate surface area is 315 Å². The molecule has 0 atom stereocenters. The van der Waals surface area contributed by atoms with Crippen molar-refractivity contribution in [1.29, 1.82) is 0 Å². The fourth-order valence-electron chi connectivity index (χ4n) is 7.97. The van der Waals surface area contributed by atoms with E-state index in [1.54, 1.807) is 0 Å². The van der Waals surface area contributed by atoms with Crippen LogP contribution in [0.15, 0.2) is 218 Å². The molecule has 1 heterocycles. The van der Waals surface area contributed by atoms with Crippen LogP contribution in [0.2, 0.25) is 0 Å². The van der Waals surface area contributed by atoms with Crippen LogP contribution in [0.3, 0.4) is 0 Å². The first kappa shape index (κ1) is 31.6. The van der Waals surface area contributed by atoms with Crippen LogP contribution < -0.4 is 4.90 Å². The predicted octanol–water partition coefficient (Wildman–Crippen LogP) is 14.4. The monoisotopic (exact) mass is 688 g/mol. The maximum atomic E-state index is 2.40. The molecule has 10 rings (SSSR count). The Morgan fingerprint density at radius 3 is 1.63 bits per heavy atom. The molecule has 10 aromatic rings. The Balaban J connectivity index is 1.20. The minimum Gasteiger partial charge on any atom is -0.310 e. The third kappa shape index (κ3) is 5.62. The van der Waals surface area contributed by atoms with Crippen molar-refractivity contribution in [2.24, 2.45) is 0 Å². The average molecular weight is 689 g/mol. The van der Waals surface area contributed by atoms with Crippen molar-refractivity contribution in [3.63, 3.8) is 0 Å². The number of benzene rings is 9. The van der Waals surface area contributed by atoms with Gasteiger partial charge in [-0.15, -0.1) is 0 Å². The maximum absolute atomic E-state index is 2.40. The zero-order valence-electron chi connectivity index (χ0n) is 29.7. The third-order valence-electron chi connectivity index (χ3n) is 10.6. The van der Waals surface area contributed by atoms with Crippen molar-refractivity contribution in [3.8, 4) is 39.1 Å². The van der Waals surface area contributed by atoms with Crippen molar-refractivity contribution < 1.29 is 0 Å². The molecule has 0 fully saturated rings. The molecule has 0 saturated carbocycles. The lowest BCUT2D eigenvalue weighted by molar-refractivity contribution is 1.18. The zero-order valence-corrected chi connectivity index (χ0v) is 29.7. The highest BCUT2D eigenvalue weighted by atomic mass is 15.1. The highest BCUT2D eigenvalue weighted by Crippen LogP contribution is 2.43. The van der Waals surface area contributed by atoms with Crippen LogP contribution in [0.25, 0.3) is 71.6 Å². The fraction of sp³-hybridized carbons (Fsp3) is 0. The van der Waals surface area contributed by atoms with Crippen molar-refractivity contribution in [2.45, 2.75) is 0 Å². The molecule has 0 bridgehead atoms. The lowest BCUT2D eigenvalue weighted by Gasteiger charge is -2.27. The van der Waals surface area contributed by atoms with Gasteiger partial charge in [-0.1, -0.05) is 158 Å². The molecular weight excluding hydrogens is 653 g/mol. The smallest absolute Gasteiger partial charge is 0.0561 e. The minimum absolute atomic E-state index is 1.09. The van der Waals surface area contributed by atoms with E-state index in [-0.39, 0.29) is 0 Å². The molecule has 0 radical (unpaired) electrons.